The number of ether oxygens (including phenoxy) is 1. The fourth-order valence-electron chi connectivity index (χ4n) is 9.70. The van der Waals surface area contributed by atoms with E-state index in [-0.39, 0.29) is 25.1 Å². The summed E-state index contributed by atoms with van der Waals surface area (Å²) in [4.78, 5) is 37.7. The van der Waals surface area contributed by atoms with Crippen LogP contribution in [-0.4, -0.2) is 74.3 Å². The Bertz CT molecular complexity index is 1400. The molecule has 0 spiro atoms. The number of hydrogen-bond donors (Lipinski definition) is 2. The second kappa shape index (κ2) is 56.5. The first-order chi connectivity index (χ1) is 36.9. The van der Waals surface area contributed by atoms with E-state index >= 15 is 0 Å². The van der Waals surface area contributed by atoms with Crippen molar-refractivity contribution in [3.63, 3.8) is 0 Å². The molecule has 3 unspecified atom stereocenters. The van der Waals surface area contributed by atoms with Crippen LogP contribution in [0, 0.1) is 0 Å². The maximum atomic E-state index is 13.5. The number of carbonyl (C=O) groups excluding carboxylic acids is 2. The molecular formula is C66H128N2O7P+. The lowest BCUT2D eigenvalue weighted by atomic mass is 10.0. The average molecular weight is 1090 g/mol. The summed E-state index contributed by atoms with van der Waals surface area (Å²) in [5.74, 6) is -0.502. The number of hydrogen-bond acceptors (Lipinski definition) is 6. The van der Waals surface area contributed by atoms with E-state index in [2.05, 4.69) is 50.4 Å². The molecule has 0 saturated heterocycles. The van der Waals surface area contributed by atoms with Crippen molar-refractivity contribution in [1.29, 1.82) is 0 Å². The number of esters is 1. The van der Waals surface area contributed by atoms with Gasteiger partial charge in [0.2, 0.25) is 5.91 Å². The molecular weight excluding hydrogens is 964 g/mol. The highest BCUT2D eigenvalue weighted by Gasteiger charge is 2.30. The predicted octanol–water partition coefficient (Wildman–Crippen LogP) is 20.3. The third-order valence-electron chi connectivity index (χ3n) is 14.8. The summed E-state index contributed by atoms with van der Waals surface area (Å²) >= 11 is 0. The zero-order chi connectivity index (χ0) is 55.7. The van der Waals surface area contributed by atoms with Crippen LogP contribution in [0.1, 0.15) is 323 Å². The second-order valence-electron chi connectivity index (χ2n) is 23.6. The van der Waals surface area contributed by atoms with E-state index in [1.165, 1.54) is 212 Å². The van der Waals surface area contributed by atoms with Crippen LogP contribution in [0.2, 0.25) is 0 Å². The van der Waals surface area contributed by atoms with Crippen LogP contribution < -0.4 is 5.32 Å². The van der Waals surface area contributed by atoms with E-state index in [1.807, 2.05) is 33.3 Å². The van der Waals surface area contributed by atoms with Crippen molar-refractivity contribution < 1.29 is 37.3 Å². The van der Waals surface area contributed by atoms with Gasteiger partial charge in [0.1, 0.15) is 19.3 Å². The summed E-state index contributed by atoms with van der Waals surface area (Å²) in [6, 6.07) is -0.849. The Hall–Kier alpha value is -1.77. The van der Waals surface area contributed by atoms with E-state index in [0.29, 0.717) is 23.9 Å². The van der Waals surface area contributed by atoms with E-state index in [1.54, 1.807) is 0 Å². The number of unbranched alkanes of at least 4 members (excludes halogenated alkanes) is 40. The summed E-state index contributed by atoms with van der Waals surface area (Å²) in [5.41, 5.74) is 0. The van der Waals surface area contributed by atoms with Crippen molar-refractivity contribution >= 4 is 19.7 Å². The maximum Gasteiger partial charge on any atom is 0.472 e. The third kappa shape index (κ3) is 56.9. The minimum Gasteiger partial charge on any atom is -0.456 e. The largest absolute Gasteiger partial charge is 0.472 e. The Morgan fingerprint density at radius 2 is 0.763 bits per heavy atom. The van der Waals surface area contributed by atoms with Gasteiger partial charge >= 0.3 is 13.8 Å². The van der Waals surface area contributed by atoms with Gasteiger partial charge in [0.25, 0.3) is 0 Å². The molecule has 0 aromatic rings. The Kier molecular flexibility index (Phi) is 55.2. The topological polar surface area (TPSA) is 111 Å². The normalized spacial score (nSPS) is 13.8. The number of nitrogens with one attached hydrogen (secondary N) is 1. The molecule has 76 heavy (non-hydrogen) atoms. The van der Waals surface area contributed by atoms with E-state index in [4.69, 9.17) is 13.8 Å². The average Bonchev–Trinajstić information content (AvgIpc) is 3.38. The van der Waals surface area contributed by atoms with Gasteiger partial charge in [-0.1, -0.05) is 263 Å². The van der Waals surface area contributed by atoms with Crippen molar-refractivity contribution in [3.8, 4) is 0 Å². The van der Waals surface area contributed by atoms with Crippen LogP contribution >= 0.6 is 7.82 Å². The minimum atomic E-state index is -4.45. The molecule has 0 aliphatic rings. The highest BCUT2D eigenvalue weighted by Crippen LogP contribution is 2.43. The highest BCUT2D eigenvalue weighted by molar-refractivity contribution is 7.47. The third-order valence-corrected chi connectivity index (χ3v) is 15.8. The first-order valence-electron chi connectivity index (χ1n) is 32.8. The van der Waals surface area contributed by atoms with Crippen LogP contribution in [0.25, 0.3) is 0 Å². The van der Waals surface area contributed by atoms with Gasteiger partial charge in [-0.25, -0.2) is 4.57 Å². The number of phosphoric acid groups is 1. The Morgan fingerprint density at radius 3 is 1.12 bits per heavy atom. The van der Waals surface area contributed by atoms with Gasteiger partial charge in [0, 0.05) is 12.8 Å². The molecule has 0 fully saturated rings. The van der Waals surface area contributed by atoms with Crippen molar-refractivity contribution in [2.75, 3.05) is 40.9 Å². The molecule has 0 heterocycles. The van der Waals surface area contributed by atoms with Crippen LogP contribution in [0.15, 0.2) is 36.5 Å². The molecule has 0 saturated carbocycles. The summed E-state index contributed by atoms with van der Waals surface area (Å²) in [6.45, 7) is 7.03. The number of likely N-dealkylation sites (N-methyl/N-ethyl adjacent to an activating group) is 1. The minimum absolute atomic E-state index is 0.0406. The molecule has 0 aliphatic heterocycles. The quantitative estimate of drug-likeness (QED) is 0.0205. The number of quaternary nitrogens is 1. The van der Waals surface area contributed by atoms with Crippen molar-refractivity contribution in [2.24, 2.45) is 0 Å². The van der Waals surface area contributed by atoms with E-state index < -0.39 is 20.0 Å². The maximum absolute atomic E-state index is 13.5. The molecule has 0 aromatic carbocycles. The molecule has 10 heteroatoms. The van der Waals surface area contributed by atoms with Crippen LogP contribution in [-0.2, 0) is 27.9 Å². The van der Waals surface area contributed by atoms with Gasteiger partial charge in [-0.05, 0) is 83.1 Å². The SMILES string of the molecule is CCCCCCCC/C=C/CCCCCCCCCCCCCCCC(=O)OC(/C=C\CCCCCCCCCCC)C(COP(=O)(O)OCC[N+](C)(C)C)NC(=O)CCCCCCC/C=C/CCCCCCCCC. The molecule has 0 rings (SSSR count). The lowest BCUT2D eigenvalue weighted by Crippen LogP contribution is -2.47. The van der Waals surface area contributed by atoms with Crippen LogP contribution in [0.5, 0.6) is 0 Å². The van der Waals surface area contributed by atoms with Gasteiger partial charge in [-0.2, -0.15) is 0 Å². The Morgan fingerprint density at radius 1 is 0.447 bits per heavy atom. The van der Waals surface area contributed by atoms with Crippen molar-refractivity contribution in [3.05, 3.63) is 36.5 Å². The fourth-order valence-corrected chi connectivity index (χ4v) is 10.4. The van der Waals surface area contributed by atoms with E-state index in [9.17, 15) is 19.0 Å². The van der Waals surface area contributed by atoms with Crippen molar-refractivity contribution in [2.45, 2.75) is 335 Å². The van der Waals surface area contributed by atoms with E-state index in [0.717, 1.165) is 77.0 Å². The van der Waals surface area contributed by atoms with Gasteiger partial charge < -0.3 is 19.4 Å². The Labute approximate surface area is 472 Å². The number of carbonyl (C=O) groups is 2. The highest BCUT2D eigenvalue weighted by atomic mass is 31.2. The predicted molar refractivity (Wildman–Crippen MR) is 328 cm³/mol. The molecule has 0 aromatic heterocycles. The first-order valence-corrected chi connectivity index (χ1v) is 34.3. The fraction of sp³-hybridized carbons (Fsp3) is 0.879. The van der Waals surface area contributed by atoms with Gasteiger partial charge in [0.15, 0.2) is 0 Å². The molecule has 9 nitrogen and oxygen atoms in total. The lowest BCUT2D eigenvalue weighted by molar-refractivity contribution is -0.870. The molecule has 0 aliphatic carbocycles. The standard InChI is InChI=1S/C66H127N2O7P/c1-7-10-13-16-19-22-25-27-29-31-32-33-34-35-36-37-39-41-44-47-50-53-56-59-66(70)75-64(57-54-51-48-45-42-24-21-18-15-12-9-3)63(62-74-76(71,72)73-61-60-68(4,5)6)67-65(69)58-55-52-49-46-43-40-38-30-28-26-23-20-17-14-11-8-2/h27,29-30,38,54,57,63-64H,7-26,28,31-37,39-53,55-56,58-62H2,1-6H3,(H-,67,69,71,72)/p+1/b29-27+,38-30+,57-54-. The molecule has 2 N–H and O–H groups in total. The second-order valence-corrected chi connectivity index (χ2v) is 25.1. The van der Waals surface area contributed by atoms with Crippen LogP contribution in [0.3, 0.4) is 0 Å². The summed E-state index contributed by atoms with van der Waals surface area (Å²) in [5, 5.41) is 3.06. The van der Waals surface area contributed by atoms with Gasteiger partial charge in [0.05, 0.1) is 33.8 Å². The number of allylic oxidation sites excluding steroid dienone is 5. The lowest BCUT2D eigenvalue weighted by Gasteiger charge is -2.27. The number of amides is 1. The smallest absolute Gasteiger partial charge is 0.456 e. The molecule has 448 valence electrons. The number of nitrogens with zero attached hydrogens (tertiary/aromatic N) is 1. The molecule has 1 amide bonds. The molecule has 3 atom stereocenters. The summed E-state index contributed by atoms with van der Waals surface area (Å²) in [6.07, 6.45) is 68.6. The molecule has 0 radical (unpaired) electrons. The first kappa shape index (κ1) is 74.2. The summed E-state index contributed by atoms with van der Waals surface area (Å²) in [7, 11) is 1.50. The van der Waals surface area contributed by atoms with Crippen molar-refractivity contribution in [1.82, 2.24) is 5.32 Å². The monoisotopic (exact) mass is 1090 g/mol. The zero-order valence-corrected chi connectivity index (χ0v) is 52.2. The Balaban J connectivity index is 5.10. The zero-order valence-electron chi connectivity index (χ0n) is 51.3. The molecule has 0 bridgehead atoms. The summed E-state index contributed by atoms with van der Waals surface area (Å²) < 4.78 is 30.7. The number of phosphoric ester groups is 1. The van der Waals surface area contributed by atoms with Gasteiger partial charge in [-0.15, -0.1) is 0 Å². The van der Waals surface area contributed by atoms with Crippen LogP contribution in [0.4, 0.5) is 0 Å². The number of rotatable bonds is 60. The van der Waals surface area contributed by atoms with Gasteiger partial charge in [-0.3, -0.25) is 18.6 Å².